The van der Waals surface area contributed by atoms with Crippen LogP contribution in [0.3, 0.4) is 0 Å². The van der Waals surface area contributed by atoms with Crippen LogP contribution in [-0.2, 0) is 9.05 Å². The van der Waals surface area contributed by atoms with E-state index in [0.717, 1.165) is 0 Å². The molecule has 0 saturated heterocycles. The monoisotopic (exact) mass is 335 g/mol. The van der Waals surface area contributed by atoms with Crippen molar-refractivity contribution in [1.29, 1.82) is 0 Å². The molecular weight excluding hydrogens is 330 g/mol. The largest absolute Gasteiger partial charge is 0.346 e. The lowest BCUT2D eigenvalue weighted by molar-refractivity contribution is 0.0891. The van der Waals surface area contributed by atoms with E-state index in [9.17, 15) is 26.4 Å². The molecule has 0 saturated carbocycles. The first-order valence-electron chi connectivity index (χ1n) is 4.63. The summed E-state index contributed by atoms with van der Waals surface area (Å²) in [5.74, 6) is -2.31. The van der Waals surface area contributed by atoms with Crippen LogP contribution in [0.2, 0.25) is 5.02 Å². The van der Waals surface area contributed by atoms with Gasteiger partial charge in [0.2, 0.25) is 0 Å². The zero-order valence-corrected chi connectivity index (χ0v) is 11.3. The minimum atomic E-state index is -4.43. The maximum absolute atomic E-state index is 13.3. The van der Waals surface area contributed by atoms with Crippen LogP contribution in [0.4, 0.5) is 13.2 Å². The summed E-state index contributed by atoms with van der Waals surface area (Å²) in [4.78, 5) is 10.5. The minimum Gasteiger partial charge on any atom is -0.346 e. The molecule has 0 spiro atoms. The van der Waals surface area contributed by atoms with Gasteiger partial charge in [-0.05, 0) is 12.1 Å². The summed E-state index contributed by atoms with van der Waals surface area (Å²) in [6.45, 7) is -0.949. The fourth-order valence-corrected chi connectivity index (χ4v) is 2.30. The summed E-state index contributed by atoms with van der Waals surface area (Å²) in [6.07, 6.45) is -2.79. The first-order valence-corrected chi connectivity index (χ1v) is 7.31. The molecule has 1 aromatic carbocycles. The minimum absolute atomic E-state index is 0.423. The number of hydrogen-bond donors (Lipinski definition) is 1. The Bertz CT molecular complexity index is 607. The molecule has 0 unspecified atom stereocenters. The van der Waals surface area contributed by atoms with E-state index in [2.05, 4.69) is 0 Å². The summed E-state index contributed by atoms with van der Waals surface area (Å²) >= 11 is 5.54. The molecule has 0 atom stereocenters. The smallest absolute Gasteiger partial charge is 0.264 e. The number of benzene rings is 1. The van der Waals surface area contributed by atoms with E-state index >= 15 is 0 Å². The van der Waals surface area contributed by atoms with Crippen molar-refractivity contribution in [2.75, 3.05) is 6.54 Å². The van der Waals surface area contributed by atoms with Crippen LogP contribution in [0.5, 0.6) is 0 Å². The first-order chi connectivity index (χ1) is 8.62. The van der Waals surface area contributed by atoms with Gasteiger partial charge in [0.25, 0.3) is 21.4 Å². The van der Waals surface area contributed by atoms with Gasteiger partial charge in [-0.1, -0.05) is 11.6 Å². The van der Waals surface area contributed by atoms with Crippen LogP contribution in [0.15, 0.2) is 17.0 Å². The Morgan fingerprint density at radius 3 is 2.42 bits per heavy atom. The van der Waals surface area contributed by atoms with Gasteiger partial charge >= 0.3 is 0 Å². The summed E-state index contributed by atoms with van der Waals surface area (Å²) in [7, 11) is 0.531. The molecule has 1 N–H and O–H groups in total. The average Bonchev–Trinajstić information content (AvgIpc) is 2.24. The Morgan fingerprint density at radius 1 is 1.37 bits per heavy atom. The lowest BCUT2D eigenvalue weighted by atomic mass is 10.2. The highest BCUT2D eigenvalue weighted by Gasteiger charge is 2.22. The summed E-state index contributed by atoms with van der Waals surface area (Å²) in [6, 6.07) is 1.15. The predicted molar refractivity (Wildman–Crippen MR) is 62.8 cm³/mol. The summed E-state index contributed by atoms with van der Waals surface area (Å²) < 4.78 is 59.2. The third kappa shape index (κ3) is 4.26. The highest BCUT2D eigenvalue weighted by Crippen LogP contribution is 2.26. The number of carbonyl (C=O) groups is 1. The van der Waals surface area contributed by atoms with Gasteiger partial charge in [-0.2, -0.15) is 0 Å². The highest BCUT2D eigenvalue weighted by molar-refractivity contribution is 8.13. The van der Waals surface area contributed by atoms with Crippen LogP contribution < -0.4 is 5.32 Å². The van der Waals surface area contributed by atoms with Gasteiger partial charge in [0.05, 0.1) is 17.1 Å². The van der Waals surface area contributed by atoms with E-state index in [0.29, 0.717) is 12.1 Å². The highest BCUT2D eigenvalue weighted by atomic mass is 35.7. The van der Waals surface area contributed by atoms with Crippen molar-refractivity contribution in [1.82, 2.24) is 5.32 Å². The van der Waals surface area contributed by atoms with Gasteiger partial charge in [0, 0.05) is 10.7 Å². The second-order valence-electron chi connectivity index (χ2n) is 3.30. The molecule has 10 heteroatoms. The number of alkyl halides is 2. The van der Waals surface area contributed by atoms with E-state index in [1.54, 1.807) is 5.32 Å². The van der Waals surface area contributed by atoms with Crippen molar-refractivity contribution >= 4 is 37.2 Å². The molecule has 0 aliphatic rings. The zero-order valence-electron chi connectivity index (χ0n) is 8.96. The van der Waals surface area contributed by atoms with Gasteiger partial charge < -0.3 is 5.32 Å². The standard InChI is InChI=1S/C9H6Cl2F3NO3S/c10-5-2-6(12)7(19(11,17)18)1-4(5)9(16)15-3-8(13)14/h1-2,8H,3H2,(H,15,16). The van der Waals surface area contributed by atoms with E-state index in [1.807, 2.05) is 0 Å². The summed E-state index contributed by atoms with van der Waals surface area (Å²) in [5.41, 5.74) is -0.469. The Morgan fingerprint density at radius 2 is 1.95 bits per heavy atom. The van der Waals surface area contributed by atoms with Crippen LogP contribution in [0.25, 0.3) is 0 Å². The van der Waals surface area contributed by atoms with Crippen LogP contribution >= 0.6 is 22.3 Å². The third-order valence-electron chi connectivity index (χ3n) is 1.95. The Balaban J connectivity index is 3.19. The van der Waals surface area contributed by atoms with Gasteiger partial charge in [-0.3, -0.25) is 4.79 Å². The molecule has 1 rings (SSSR count). The van der Waals surface area contributed by atoms with Crippen molar-refractivity contribution in [2.45, 2.75) is 11.3 Å². The molecule has 0 aliphatic carbocycles. The molecule has 0 fully saturated rings. The predicted octanol–water partition coefficient (Wildman–Crippen LogP) is 2.40. The van der Waals surface area contributed by atoms with Gasteiger partial charge in [0.15, 0.2) is 0 Å². The maximum atomic E-state index is 13.3. The van der Waals surface area contributed by atoms with Gasteiger partial charge in [0.1, 0.15) is 10.7 Å². The normalized spacial score (nSPS) is 11.7. The van der Waals surface area contributed by atoms with E-state index in [1.165, 1.54) is 0 Å². The van der Waals surface area contributed by atoms with Crippen LogP contribution in [0, 0.1) is 5.82 Å². The number of carbonyl (C=O) groups excluding carboxylic acids is 1. The average molecular weight is 336 g/mol. The second-order valence-corrected chi connectivity index (χ2v) is 6.24. The molecule has 1 aromatic rings. The molecule has 0 aromatic heterocycles. The fourth-order valence-electron chi connectivity index (χ4n) is 1.16. The molecule has 0 heterocycles. The van der Waals surface area contributed by atoms with Crippen molar-refractivity contribution in [3.63, 3.8) is 0 Å². The molecule has 106 valence electrons. The molecule has 1 amide bonds. The number of rotatable bonds is 4. The molecule has 4 nitrogen and oxygen atoms in total. The Labute approximate surface area is 115 Å². The van der Waals surface area contributed by atoms with Crippen molar-refractivity contribution in [3.8, 4) is 0 Å². The second kappa shape index (κ2) is 5.98. The van der Waals surface area contributed by atoms with E-state index < -0.39 is 49.2 Å². The number of hydrogen-bond acceptors (Lipinski definition) is 3. The molecule has 19 heavy (non-hydrogen) atoms. The number of nitrogens with one attached hydrogen (secondary N) is 1. The SMILES string of the molecule is O=C(NCC(F)F)c1cc(S(=O)(=O)Cl)c(F)cc1Cl. The Hall–Kier alpha value is -0.990. The van der Waals surface area contributed by atoms with Crippen molar-refractivity contribution in [3.05, 3.63) is 28.5 Å². The molecular formula is C9H6Cl2F3NO3S. The number of halogens is 5. The Kier molecular flexibility index (Phi) is 5.05. The molecule has 0 radical (unpaired) electrons. The topological polar surface area (TPSA) is 63.2 Å². The number of amides is 1. The third-order valence-corrected chi connectivity index (χ3v) is 3.60. The summed E-state index contributed by atoms with van der Waals surface area (Å²) in [5, 5.41) is 1.38. The quantitative estimate of drug-likeness (QED) is 0.859. The van der Waals surface area contributed by atoms with Gasteiger partial charge in [-0.15, -0.1) is 0 Å². The van der Waals surface area contributed by atoms with Crippen LogP contribution in [-0.4, -0.2) is 27.3 Å². The van der Waals surface area contributed by atoms with Crippen molar-refractivity contribution in [2.24, 2.45) is 0 Å². The maximum Gasteiger partial charge on any atom is 0.264 e. The van der Waals surface area contributed by atoms with Crippen LogP contribution in [0.1, 0.15) is 10.4 Å². The molecule has 0 bridgehead atoms. The zero-order chi connectivity index (χ0) is 14.8. The molecule has 0 aliphatic heterocycles. The lowest BCUT2D eigenvalue weighted by Crippen LogP contribution is -2.28. The van der Waals surface area contributed by atoms with Gasteiger partial charge in [-0.25, -0.2) is 21.6 Å². The first kappa shape index (κ1) is 16.1. The van der Waals surface area contributed by atoms with Crippen molar-refractivity contribution < 1.29 is 26.4 Å². The fraction of sp³-hybridized carbons (Fsp3) is 0.222. The van der Waals surface area contributed by atoms with E-state index in [-0.39, 0.29) is 0 Å². The van der Waals surface area contributed by atoms with E-state index in [4.69, 9.17) is 22.3 Å². The lowest BCUT2D eigenvalue weighted by Gasteiger charge is -2.08.